The summed E-state index contributed by atoms with van der Waals surface area (Å²) in [6, 6.07) is 17.3. The van der Waals surface area contributed by atoms with Crippen LogP contribution in [0.15, 0.2) is 53.5 Å². The maximum absolute atomic E-state index is 6.10. The summed E-state index contributed by atoms with van der Waals surface area (Å²) in [6.07, 6.45) is 0. The summed E-state index contributed by atoms with van der Waals surface area (Å²) in [5.74, 6) is 0.641. The highest BCUT2D eigenvalue weighted by Crippen LogP contribution is 2.28. The predicted octanol–water partition coefficient (Wildman–Crippen LogP) is 3.18. The molecule has 0 saturated heterocycles. The van der Waals surface area contributed by atoms with Crippen LogP contribution in [0.3, 0.4) is 0 Å². The van der Waals surface area contributed by atoms with Crippen LogP contribution >= 0.6 is 0 Å². The zero-order valence-electron chi connectivity index (χ0n) is 12.6. The van der Waals surface area contributed by atoms with Crippen molar-refractivity contribution in [2.45, 2.75) is 26.4 Å². The first-order chi connectivity index (χ1) is 10.1. The van der Waals surface area contributed by atoms with E-state index in [1.165, 1.54) is 22.3 Å². The first kappa shape index (κ1) is 13.7. The Morgan fingerprint density at radius 1 is 1.10 bits per heavy atom. The van der Waals surface area contributed by atoms with Gasteiger partial charge in [0.25, 0.3) is 0 Å². The smallest absolute Gasteiger partial charge is 0.192 e. The standard InChI is InChI=1S/C18H21N3/c1-13-8-9-16(10-14(13)2)17-11-20-18(19)21(17)12-15-6-4-3-5-7-15/h3-10,17H,11-12H2,1-2H3,(H2,19,20). The summed E-state index contributed by atoms with van der Waals surface area (Å²) >= 11 is 0. The molecular weight excluding hydrogens is 258 g/mol. The van der Waals surface area contributed by atoms with Crippen molar-refractivity contribution in [2.75, 3.05) is 6.54 Å². The summed E-state index contributed by atoms with van der Waals surface area (Å²) in [5.41, 5.74) is 11.3. The molecule has 108 valence electrons. The summed E-state index contributed by atoms with van der Waals surface area (Å²) in [5, 5.41) is 0. The van der Waals surface area contributed by atoms with Crippen molar-refractivity contribution in [3.63, 3.8) is 0 Å². The van der Waals surface area contributed by atoms with Crippen molar-refractivity contribution in [1.29, 1.82) is 0 Å². The molecular formula is C18H21N3. The third-order valence-corrected chi connectivity index (χ3v) is 4.21. The van der Waals surface area contributed by atoms with Gasteiger partial charge < -0.3 is 10.6 Å². The summed E-state index contributed by atoms with van der Waals surface area (Å²) in [4.78, 5) is 6.64. The molecule has 0 radical (unpaired) electrons. The van der Waals surface area contributed by atoms with Gasteiger partial charge in [0.05, 0.1) is 12.6 Å². The minimum absolute atomic E-state index is 0.240. The van der Waals surface area contributed by atoms with Crippen molar-refractivity contribution < 1.29 is 0 Å². The number of rotatable bonds is 3. The van der Waals surface area contributed by atoms with Gasteiger partial charge in [-0.05, 0) is 36.1 Å². The number of guanidine groups is 1. The van der Waals surface area contributed by atoms with Crippen LogP contribution in [-0.2, 0) is 6.54 Å². The van der Waals surface area contributed by atoms with Gasteiger partial charge in [-0.2, -0.15) is 0 Å². The van der Waals surface area contributed by atoms with Gasteiger partial charge in [-0.25, -0.2) is 0 Å². The molecule has 0 fully saturated rings. The molecule has 3 nitrogen and oxygen atoms in total. The van der Waals surface area contributed by atoms with E-state index in [1.807, 2.05) is 6.07 Å². The molecule has 1 aliphatic heterocycles. The van der Waals surface area contributed by atoms with Crippen molar-refractivity contribution in [2.24, 2.45) is 10.7 Å². The lowest BCUT2D eigenvalue weighted by Crippen LogP contribution is -2.35. The quantitative estimate of drug-likeness (QED) is 0.937. The van der Waals surface area contributed by atoms with Crippen LogP contribution in [0.4, 0.5) is 0 Å². The van der Waals surface area contributed by atoms with Crippen LogP contribution in [0.5, 0.6) is 0 Å². The van der Waals surface area contributed by atoms with Gasteiger partial charge in [0.2, 0.25) is 0 Å². The van der Waals surface area contributed by atoms with Gasteiger partial charge in [0.1, 0.15) is 0 Å². The molecule has 1 aliphatic rings. The van der Waals surface area contributed by atoms with Crippen molar-refractivity contribution in [3.8, 4) is 0 Å². The second-order valence-corrected chi connectivity index (χ2v) is 5.67. The fraction of sp³-hybridized carbons (Fsp3) is 0.278. The Hall–Kier alpha value is -2.29. The number of hydrogen-bond donors (Lipinski definition) is 1. The zero-order valence-corrected chi connectivity index (χ0v) is 12.6. The number of benzene rings is 2. The minimum atomic E-state index is 0.240. The zero-order chi connectivity index (χ0) is 14.8. The van der Waals surface area contributed by atoms with E-state index in [4.69, 9.17) is 5.73 Å². The maximum atomic E-state index is 6.10. The van der Waals surface area contributed by atoms with Crippen LogP contribution in [0.2, 0.25) is 0 Å². The van der Waals surface area contributed by atoms with Gasteiger partial charge in [-0.15, -0.1) is 0 Å². The molecule has 2 aromatic carbocycles. The molecule has 21 heavy (non-hydrogen) atoms. The van der Waals surface area contributed by atoms with E-state index in [0.717, 1.165) is 13.1 Å². The molecule has 1 heterocycles. The molecule has 2 N–H and O–H groups in total. The average Bonchev–Trinajstić information content (AvgIpc) is 2.85. The fourth-order valence-corrected chi connectivity index (χ4v) is 2.76. The molecule has 0 aliphatic carbocycles. The van der Waals surface area contributed by atoms with Gasteiger partial charge in [-0.1, -0.05) is 48.5 Å². The Labute approximate surface area is 126 Å². The number of nitrogens with two attached hydrogens (primary N) is 1. The number of hydrogen-bond acceptors (Lipinski definition) is 3. The number of nitrogens with zero attached hydrogens (tertiary/aromatic N) is 2. The predicted molar refractivity (Wildman–Crippen MR) is 87.1 cm³/mol. The molecule has 0 aromatic heterocycles. The molecule has 0 bridgehead atoms. The summed E-state index contributed by atoms with van der Waals surface area (Å²) in [6.45, 7) is 5.83. The average molecular weight is 279 g/mol. The topological polar surface area (TPSA) is 41.6 Å². The van der Waals surface area contributed by atoms with Gasteiger partial charge in [-0.3, -0.25) is 4.99 Å². The Balaban J connectivity index is 1.86. The molecule has 3 heteroatoms. The third-order valence-electron chi connectivity index (χ3n) is 4.21. The van der Waals surface area contributed by atoms with Gasteiger partial charge >= 0.3 is 0 Å². The third kappa shape index (κ3) is 2.77. The Bertz CT molecular complexity index is 661. The number of aryl methyl sites for hydroxylation is 2. The Kier molecular flexibility index (Phi) is 3.65. The normalized spacial score (nSPS) is 17.9. The van der Waals surface area contributed by atoms with E-state index < -0.39 is 0 Å². The Morgan fingerprint density at radius 3 is 2.57 bits per heavy atom. The van der Waals surface area contributed by atoms with E-state index in [0.29, 0.717) is 5.96 Å². The van der Waals surface area contributed by atoms with E-state index in [1.54, 1.807) is 0 Å². The lowest BCUT2D eigenvalue weighted by molar-refractivity contribution is 0.340. The van der Waals surface area contributed by atoms with E-state index in [-0.39, 0.29) is 6.04 Å². The van der Waals surface area contributed by atoms with Crippen molar-refractivity contribution in [1.82, 2.24) is 4.90 Å². The largest absolute Gasteiger partial charge is 0.370 e. The van der Waals surface area contributed by atoms with Crippen molar-refractivity contribution >= 4 is 5.96 Å². The van der Waals surface area contributed by atoms with Crippen LogP contribution in [0.1, 0.15) is 28.3 Å². The molecule has 0 spiro atoms. The van der Waals surface area contributed by atoms with Gasteiger partial charge in [0, 0.05) is 6.54 Å². The van der Waals surface area contributed by atoms with E-state index >= 15 is 0 Å². The lowest BCUT2D eigenvalue weighted by Gasteiger charge is -2.27. The molecule has 0 amide bonds. The molecule has 1 atom stereocenters. The number of aliphatic imine (C=N–C) groups is 1. The van der Waals surface area contributed by atoms with Crippen LogP contribution in [-0.4, -0.2) is 17.4 Å². The molecule has 0 saturated carbocycles. The highest BCUT2D eigenvalue weighted by atomic mass is 15.3. The van der Waals surface area contributed by atoms with E-state index in [2.05, 4.69) is 66.2 Å². The first-order valence-corrected chi connectivity index (χ1v) is 7.33. The monoisotopic (exact) mass is 279 g/mol. The second kappa shape index (κ2) is 5.60. The molecule has 2 aromatic rings. The van der Waals surface area contributed by atoms with Gasteiger partial charge in [0.15, 0.2) is 5.96 Å². The Morgan fingerprint density at radius 2 is 1.86 bits per heavy atom. The second-order valence-electron chi connectivity index (χ2n) is 5.67. The van der Waals surface area contributed by atoms with Crippen LogP contribution in [0.25, 0.3) is 0 Å². The summed E-state index contributed by atoms with van der Waals surface area (Å²) in [7, 11) is 0. The first-order valence-electron chi connectivity index (χ1n) is 7.33. The SMILES string of the molecule is Cc1ccc(C2CN=C(N)N2Cc2ccccc2)cc1C. The molecule has 3 rings (SSSR count). The van der Waals surface area contributed by atoms with Crippen molar-refractivity contribution in [3.05, 3.63) is 70.8 Å². The minimum Gasteiger partial charge on any atom is -0.370 e. The van der Waals surface area contributed by atoms with Crippen LogP contribution < -0.4 is 5.73 Å². The lowest BCUT2D eigenvalue weighted by atomic mass is 10.00. The van der Waals surface area contributed by atoms with Crippen LogP contribution in [0, 0.1) is 13.8 Å². The maximum Gasteiger partial charge on any atom is 0.192 e. The fourth-order valence-electron chi connectivity index (χ4n) is 2.76. The van der Waals surface area contributed by atoms with E-state index in [9.17, 15) is 0 Å². The summed E-state index contributed by atoms with van der Waals surface area (Å²) < 4.78 is 0. The highest BCUT2D eigenvalue weighted by Gasteiger charge is 2.27. The highest BCUT2D eigenvalue weighted by molar-refractivity contribution is 5.80. The molecule has 1 unspecified atom stereocenters.